The third-order valence-electron chi connectivity index (χ3n) is 3.74. The molecule has 0 bridgehead atoms. The maximum atomic E-state index is 12.9. The fourth-order valence-electron chi connectivity index (χ4n) is 2.45. The molecule has 1 amide bonds. The number of nitrogens with one attached hydrogen (secondary N) is 2. The van der Waals surface area contributed by atoms with Gasteiger partial charge in [-0.05, 0) is 59.8 Å². The number of carbonyl (C=O) groups excluding carboxylic acids is 1. The molecule has 0 fully saturated rings. The molecule has 3 rings (SSSR count). The number of halogens is 1. The molecule has 0 aliphatic rings. The van der Waals surface area contributed by atoms with E-state index in [1.54, 1.807) is 23.5 Å². The first-order chi connectivity index (χ1) is 12.2. The molecular weight excluding hydrogens is 335 g/mol. The average Bonchev–Trinajstić information content (AvgIpc) is 3.11. The van der Waals surface area contributed by atoms with Gasteiger partial charge in [0.25, 0.3) is 0 Å². The predicted octanol–water partition coefficient (Wildman–Crippen LogP) is 4.72. The number of thiophene rings is 1. The van der Waals surface area contributed by atoms with Crippen LogP contribution in [0.3, 0.4) is 0 Å². The molecule has 128 valence electrons. The molecule has 0 unspecified atom stereocenters. The first kappa shape index (κ1) is 17.2. The second-order valence-corrected chi connectivity index (χ2v) is 6.72. The Bertz CT molecular complexity index is 799. The van der Waals surface area contributed by atoms with E-state index in [2.05, 4.69) is 10.6 Å². The van der Waals surface area contributed by atoms with Crippen LogP contribution in [0.4, 0.5) is 15.8 Å². The van der Waals surface area contributed by atoms with Crippen LogP contribution < -0.4 is 10.6 Å². The fourth-order valence-corrected chi connectivity index (χ4v) is 3.15. The first-order valence-corrected chi connectivity index (χ1v) is 8.97. The van der Waals surface area contributed by atoms with Crippen LogP contribution in [0.5, 0.6) is 0 Å². The van der Waals surface area contributed by atoms with Crippen LogP contribution in [-0.4, -0.2) is 12.5 Å². The van der Waals surface area contributed by atoms with E-state index in [-0.39, 0.29) is 11.7 Å². The van der Waals surface area contributed by atoms with Crippen LogP contribution in [-0.2, 0) is 17.6 Å². The SMILES string of the molecule is O=C(Cc1cccs1)Nc1ccc(NCCc2ccc(F)cc2)cc1. The normalized spacial score (nSPS) is 10.4. The molecular formula is C20H19FN2OS. The van der Waals surface area contributed by atoms with Gasteiger partial charge in [0.2, 0.25) is 5.91 Å². The predicted molar refractivity (Wildman–Crippen MR) is 102 cm³/mol. The summed E-state index contributed by atoms with van der Waals surface area (Å²) < 4.78 is 12.9. The Morgan fingerprint density at radius 1 is 0.960 bits per heavy atom. The lowest BCUT2D eigenvalue weighted by atomic mass is 10.1. The first-order valence-electron chi connectivity index (χ1n) is 8.10. The summed E-state index contributed by atoms with van der Waals surface area (Å²) in [6, 6.07) is 18.1. The molecule has 0 radical (unpaired) electrons. The number of amides is 1. The molecule has 5 heteroatoms. The number of carbonyl (C=O) groups is 1. The van der Waals surface area contributed by atoms with Gasteiger partial charge in [0.05, 0.1) is 6.42 Å². The molecule has 0 spiro atoms. The number of hydrogen-bond acceptors (Lipinski definition) is 3. The van der Waals surface area contributed by atoms with Crippen molar-refractivity contribution in [3.63, 3.8) is 0 Å². The summed E-state index contributed by atoms with van der Waals surface area (Å²) in [4.78, 5) is 13.0. The highest BCUT2D eigenvalue weighted by molar-refractivity contribution is 7.10. The molecule has 3 nitrogen and oxygen atoms in total. The van der Waals surface area contributed by atoms with E-state index in [0.29, 0.717) is 6.42 Å². The van der Waals surface area contributed by atoms with E-state index >= 15 is 0 Å². The Kier molecular flexibility index (Phi) is 5.80. The van der Waals surface area contributed by atoms with Crippen molar-refractivity contribution in [2.75, 3.05) is 17.2 Å². The maximum Gasteiger partial charge on any atom is 0.229 e. The molecule has 2 N–H and O–H groups in total. The molecule has 3 aromatic rings. The Hall–Kier alpha value is -2.66. The lowest BCUT2D eigenvalue weighted by molar-refractivity contribution is -0.115. The van der Waals surface area contributed by atoms with Gasteiger partial charge < -0.3 is 10.6 Å². The summed E-state index contributed by atoms with van der Waals surface area (Å²) >= 11 is 1.58. The summed E-state index contributed by atoms with van der Waals surface area (Å²) in [5.41, 5.74) is 2.86. The highest BCUT2D eigenvalue weighted by Crippen LogP contribution is 2.15. The smallest absolute Gasteiger partial charge is 0.229 e. The number of benzene rings is 2. The van der Waals surface area contributed by atoms with Crippen molar-refractivity contribution in [3.8, 4) is 0 Å². The van der Waals surface area contributed by atoms with E-state index in [4.69, 9.17) is 0 Å². The molecule has 25 heavy (non-hydrogen) atoms. The van der Waals surface area contributed by atoms with E-state index in [9.17, 15) is 9.18 Å². The second kappa shape index (κ2) is 8.44. The van der Waals surface area contributed by atoms with E-state index in [1.165, 1.54) is 12.1 Å². The molecule has 0 saturated carbocycles. The van der Waals surface area contributed by atoms with Crippen molar-refractivity contribution in [1.29, 1.82) is 0 Å². The van der Waals surface area contributed by atoms with Crippen molar-refractivity contribution in [1.82, 2.24) is 0 Å². The van der Waals surface area contributed by atoms with Gasteiger partial charge >= 0.3 is 0 Å². The van der Waals surface area contributed by atoms with E-state index in [1.807, 2.05) is 41.8 Å². The molecule has 1 heterocycles. The van der Waals surface area contributed by atoms with Gasteiger partial charge in [-0.1, -0.05) is 18.2 Å². The topological polar surface area (TPSA) is 41.1 Å². The third kappa shape index (κ3) is 5.43. The molecule has 2 aromatic carbocycles. The summed E-state index contributed by atoms with van der Waals surface area (Å²) in [5.74, 6) is -0.229. The van der Waals surface area contributed by atoms with Gasteiger partial charge in [0.15, 0.2) is 0 Å². The van der Waals surface area contributed by atoms with Crippen LogP contribution >= 0.6 is 11.3 Å². The minimum atomic E-state index is -0.214. The van der Waals surface area contributed by atoms with Crippen LogP contribution in [0.25, 0.3) is 0 Å². The monoisotopic (exact) mass is 354 g/mol. The van der Waals surface area contributed by atoms with Crippen molar-refractivity contribution < 1.29 is 9.18 Å². The maximum absolute atomic E-state index is 12.9. The van der Waals surface area contributed by atoms with Crippen LogP contribution in [0.2, 0.25) is 0 Å². The minimum absolute atomic E-state index is 0.0144. The molecule has 1 aromatic heterocycles. The standard InChI is InChI=1S/C20H19FN2OS/c21-16-5-3-15(4-6-16)11-12-22-17-7-9-18(10-8-17)23-20(24)14-19-2-1-13-25-19/h1-10,13,22H,11-12,14H2,(H,23,24). The lowest BCUT2D eigenvalue weighted by Crippen LogP contribution is -2.13. The molecule has 0 aliphatic heterocycles. The summed E-state index contributed by atoms with van der Waals surface area (Å²) in [5, 5.41) is 8.19. The van der Waals surface area contributed by atoms with Crippen molar-refractivity contribution >= 4 is 28.6 Å². The van der Waals surface area contributed by atoms with Gasteiger partial charge in [0.1, 0.15) is 5.82 Å². The number of rotatable bonds is 7. The van der Waals surface area contributed by atoms with Crippen molar-refractivity contribution in [2.45, 2.75) is 12.8 Å². The zero-order valence-electron chi connectivity index (χ0n) is 13.7. The Labute approximate surface area is 150 Å². The zero-order valence-corrected chi connectivity index (χ0v) is 14.5. The largest absolute Gasteiger partial charge is 0.385 e. The van der Waals surface area contributed by atoms with Crippen LogP contribution in [0, 0.1) is 5.82 Å². The van der Waals surface area contributed by atoms with Crippen LogP contribution in [0.15, 0.2) is 66.0 Å². The summed E-state index contributed by atoms with van der Waals surface area (Å²) in [6.45, 7) is 0.760. The Morgan fingerprint density at radius 3 is 2.36 bits per heavy atom. The molecule has 0 atom stereocenters. The van der Waals surface area contributed by atoms with Gasteiger partial charge in [-0.2, -0.15) is 0 Å². The van der Waals surface area contributed by atoms with E-state index in [0.717, 1.165) is 34.8 Å². The van der Waals surface area contributed by atoms with Gasteiger partial charge in [0, 0.05) is 22.8 Å². The molecule has 0 aliphatic carbocycles. The highest BCUT2D eigenvalue weighted by atomic mass is 32.1. The van der Waals surface area contributed by atoms with Gasteiger partial charge in [-0.3, -0.25) is 4.79 Å². The number of hydrogen-bond donors (Lipinski definition) is 2. The summed E-state index contributed by atoms with van der Waals surface area (Å²) in [7, 11) is 0. The minimum Gasteiger partial charge on any atom is -0.385 e. The Balaban J connectivity index is 1.45. The van der Waals surface area contributed by atoms with Gasteiger partial charge in [-0.15, -0.1) is 11.3 Å². The Morgan fingerprint density at radius 2 is 1.68 bits per heavy atom. The second-order valence-electron chi connectivity index (χ2n) is 5.68. The van der Waals surface area contributed by atoms with Crippen molar-refractivity contribution in [2.24, 2.45) is 0 Å². The van der Waals surface area contributed by atoms with Gasteiger partial charge in [-0.25, -0.2) is 4.39 Å². The average molecular weight is 354 g/mol. The van der Waals surface area contributed by atoms with E-state index < -0.39 is 0 Å². The quantitative estimate of drug-likeness (QED) is 0.644. The third-order valence-corrected chi connectivity index (χ3v) is 4.62. The highest BCUT2D eigenvalue weighted by Gasteiger charge is 2.05. The fraction of sp³-hybridized carbons (Fsp3) is 0.150. The zero-order chi connectivity index (χ0) is 17.5. The van der Waals surface area contributed by atoms with Crippen molar-refractivity contribution in [3.05, 3.63) is 82.3 Å². The lowest BCUT2D eigenvalue weighted by Gasteiger charge is -2.09. The molecule has 0 saturated heterocycles. The van der Waals surface area contributed by atoms with Crippen LogP contribution in [0.1, 0.15) is 10.4 Å². The summed E-state index contributed by atoms with van der Waals surface area (Å²) in [6.07, 6.45) is 1.22. The number of anilines is 2.